The largest absolute Gasteiger partial charge is 0.497 e. The lowest BCUT2D eigenvalue weighted by molar-refractivity contribution is -0.123. The van der Waals surface area contributed by atoms with Crippen molar-refractivity contribution in [2.24, 2.45) is 10.2 Å². The summed E-state index contributed by atoms with van der Waals surface area (Å²) in [4.78, 5) is 36.4. The summed E-state index contributed by atoms with van der Waals surface area (Å²) in [6.45, 7) is 2.01. The van der Waals surface area contributed by atoms with E-state index in [9.17, 15) is 14.4 Å². The summed E-state index contributed by atoms with van der Waals surface area (Å²) in [5.74, 6) is -0.366. The van der Waals surface area contributed by atoms with Crippen LogP contribution in [-0.2, 0) is 14.3 Å². The first kappa shape index (κ1) is 23.0. The molecule has 3 rings (SSSR count). The van der Waals surface area contributed by atoms with Crippen LogP contribution in [0.3, 0.4) is 0 Å². The van der Waals surface area contributed by atoms with Crippen LogP contribution in [0.2, 0.25) is 0 Å². The van der Waals surface area contributed by atoms with Crippen LogP contribution in [0.5, 0.6) is 5.75 Å². The number of amidine groups is 1. The van der Waals surface area contributed by atoms with Gasteiger partial charge in [0.15, 0.2) is 5.17 Å². The van der Waals surface area contributed by atoms with Gasteiger partial charge < -0.3 is 20.1 Å². The average molecular weight is 455 g/mol. The number of carbonyl (C=O) groups excluding carboxylic acids is 3. The molecule has 32 heavy (non-hydrogen) atoms. The first-order chi connectivity index (χ1) is 15.5. The highest BCUT2D eigenvalue weighted by Crippen LogP contribution is 2.23. The van der Waals surface area contributed by atoms with Crippen molar-refractivity contribution in [1.29, 1.82) is 0 Å². The number of benzene rings is 2. The maximum atomic E-state index is 12.6. The van der Waals surface area contributed by atoms with Gasteiger partial charge in [0, 0.05) is 12.1 Å². The van der Waals surface area contributed by atoms with Crippen molar-refractivity contribution in [3.05, 3.63) is 59.7 Å². The zero-order valence-electron chi connectivity index (χ0n) is 17.5. The Morgan fingerprint density at radius 2 is 1.91 bits per heavy atom. The second kappa shape index (κ2) is 11.1. The number of rotatable bonds is 7. The summed E-state index contributed by atoms with van der Waals surface area (Å²) >= 11 is 1.12. The predicted molar refractivity (Wildman–Crippen MR) is 123 cm³/mol. The van der Waals surface area contributed by atoms with Gasteiger partial charge in [-0.2, -0.15) is 5.10 Å². The van der Waals surface area contributed by atoms with E-state index in [-0.39, 0.29) is 30.0 Å². The third-order valence-corrected chi connectivity index (χ3v) is 5.37. The normalized spacial score (nSPS) is 17.1. The van der Waals surface area contributed by atoms with Gasteiger partial charge in [0.1, 0.15) is 11.0 Å². The monoisotopic (exact) mass is 454 g/mol. The summed E-state index contributed by atoms with van der Waals surface area (Å²) in [6, 6.07) is 13.6. The van der Waals surface area contributed by atoms with Crippen LogP contribution < -0.4 is 15.4 Å². The van der Waals surface area contributed by atoms with Crippen LogP contribution >= 0.6 is 11.8 Å². The molecule has 0 unspecified atom stereocenters. The van der Waals surface area contributed by atoms with Gasteiger partial charge in [-0.15, -0.1) is 5.10 Å². The number of nitrogens with one attached hydrogen (secondary N) is 2. The Morgan fingerprint density at radius 1 is 1.19 bits per heavy atom. The van der Waals surface area contributed by atoms with Crippen molar-refractivity contribution in [3.8, 4) is 5.75 Å². The number of hydrogen-bond acceptors (Lipinski definition) is 8. The van der Waals surface area contributed by atoms with Crippen LogP contribution in [0.1, 0.15) is 29.3 Å². The van der Waals surface area contributed by atoms with Gasteiger partial charge in [0.05, 0.1) is 25.5 Å². The molecule has 2 aromatic carbocycles. The highest BCUT2D eigenvalue weighted by atomic mass is 32.2. The van der Waals surface area contributed by atoms with E-state index in [1.54, 1.807) is 50.4 Å². The first-order valence-electron chi connectivity index (χ1n) is 9.78. The molecule has 0 spiro atoms. The minimum absolute atomic E-state index is 0.0125. The molecule has 2 aromatic rings. The Balaban J connectivity index is 1.60. The van der Waals surface area contributed by atoms with E-state index in [0.29, 0.717) is 11.3 Å². The lowest BCUT2D eigenvalue weighted by Gasteiger charge is -2.21. The maximum absolute atomic E-state index is 12.6. The molecule has 0 saturated carbocycles. The zero-order chi connectivity index (χ0) is 22.9. The Morgan fingerprint density at radius 3 is 2.56 bits per heavy atom. The van der Waals surface area contributed by atoms with Crippen molar-refractivity contribution in [2.45, 2.75) is 18.6 Å². The molecule has 2 N–H and O–H groups in total. The number of hydrogen-bond donors (Lipinski definition) is 2. The van der Waals surface area contributed by atoms with E-state index in [1.165, 1.54) is 6.21 Å². The molecule has 0 aromatic heterocycles. The molecular weight excluding hydrogens is 432 g/mol. The number of carbonyl (C=O) groups is 3. The van der Waals surface area contributed by atoms with Crippen LogP contribution in [0, 0.1) is 0 Å². The van der Waals surface area contributed by atoms with Gasteiger partial charge in [-0.05, 0) is 61.0 Å². The second-order valence-corrected chi connectivity index (χ2v) is 7.76. The minimum Gasteiger partial charge on any atom is -0.497 e. The molecular formula is C22H22N4O5S. The van der Waals surface area contributed by atoms with Gasteiger partial charge in [0.25, 0.3) is 0 Å². The van der Waals surface area contributed by atoms with Crippen molar-refractivity contribution in [3.63, 3.8) is 0 Å². The molecule has 0 bridgehead atoms. The molecule has 1 fully saturated rings. The molecule has 0 radical (unpaired) electrons. The Kier molecular flexibility index (Phi) is 7.98. The van der Waals surface area contributed by atoms with E-state index >= 15 is 0 Å². The van der Waals surface area contributed by atoms with Crippen LogP contribution in [0.25, 0.3) is 0 Å². The molecule has 166 valence electrons. The van der Waals surface area contributed by atoms with Crippen molar-refractivity contribution in [2.75, 3.05) is 19.0 Å². The van der Waals surface area contributed by atoms with E-state index in [2.05, 4.69) is 20.8 Å². The molecule has 10 heteroatoms. The zero-order valence-corrected chi connectivity index (χ0v) is 18.3. The number of anilines is 1. The van der Waals surface area contributed by atoms with Crippen molar-refractivity contribution in [1.82, 2.24) is 5.32 Å². The topological polar surface area (TPSA) is 118 Å². The number of nitrogens with zero attached hydrogens (tertiary/aromatic N) is 2. The Hall–Kier alpha value is -3.66. The molecule has 1 saturated heterocycles. The highest BCUT2D eigenvalue weighted by molar-refractivity contribution is 8.15. The van der Waals surface area contributed by atoms with Crippen LogP contribution in [0.15, 0.2) is 58.7 Å². The van der Waals surface area contributed by atoms with E-state index in [0.717, 1.165) is 23.1 Å². The molecule has 1 aliphatic rings. The van der Waals surface area contributed by atoms with Gasteiger partial charge in [-0.25, -0.2) is 4.79 Å². The summed E-state index contributed by atoms with van der Waals surface area (Å²) in [5, 5.41) is 12.9. The van der Waals surface area contributed by atoms with E-state index in [4.69, 9.17) is 9.47 Å². The molecule has 2 amide bonds. The van der Waals surface area contributed by atoms with E-state index in [1.807, 2.05) is 12.1 Å². The summed E-state index contributed by atoms with van der Waals surface area (Å²) in [6.07, 6.45) is 1.55. The van der Waals surface area contributed by atoms with Gasteiger partial charge >= 0.3 is 5.97 Å². The fraction of sp³-hybridized carbons (Fsp3) is 0.227. The quantitative estimate of drug-likeness (QED) is 0.377. The number of methoxy groups -OCH3 is 1. The fourth-order valence-electron chi connectivity index (χ4n) is 2.70. The third-order valence-electron chi connectivity index (χ3n) is 4.30. The molecule has 1 atom stereocenters. The van der Waals surface area contributed by atoms with Gasteiger partial charge in [0.2, 0.25) is 11.8 Å². The number of esters is 1. The summed E-state index contributed by atoms with van der Waals surface area (Å²) in [5.41, 5.74) is 1.70. The second-order valence-electron chi connectivity index (χ2n) is 6.57. The van der Waals surface area contributed by atoms with Gasteiger partial charge in [-0.3, -0.25) is 9.59 Å². The third kappa shape index (κ3) is 6.42. The first-order valence-corrected chi connectivity index (χ1v) is 10.7. The van der Waals surface area contributed by atoms with E-state index < -0.39 is 11.2 Å². The molecule has 9 nitrogen and oxygen atoms in total. The predicted octanol–water partition coefficient (Wildman–Crippen LogP) is 2.82. The maximum Gasteiger partial charge on any atom is 0.338 e. The standard InChI is InChI=1S/C22H22N4O5S/c1-3-31-21(29)15-6-8-16(9-7-15)24-20(28)18-12-19(27)25-22(32-18)26-23-13-14-4-10-17(30-2)11-5-14/h4-11,13,18H,3,12H2,1-2H3,(H,24,28)(H,25,26,27)/b23-13-/t18-/m0/s1. The Labute approximate surface area is 189 Å². The average Bonchev–Trinajstić information content (AvgIpc) is 2.80. The summed E-state index contributed by atoms with van der Waals surface area (Å²) in [7, 11) is 1.59. The lowest BCUT2D eigenvalue weighted by atomic mass is 10.2. The number of amides is 2. The fourth-order valence-corrected chi connectivity index (χ4v) is 3.64. The smallest absolute Gasteiger partial charge is 0.338 e. The van der Waals surface area contributed by atoms with Crippen LogP contribution in [0.4, 0.5) is 5.69 Å². The number of thioether (sulfide) groups is 1. The van der Waals surface area contributed by atoms with Crippen LogP contribution in [-0.4, -0.2) is 48.1 Å². The SMILES string of the molecule is CCOC(=O)c1ccc(NC(=O)[C@@H]2CC(=O)N/C(=N\N=C/c3ccc(OC)cc3)S2)cc1. The molecule has 1 aliphatic heterocycles. The van der Waals surface area contributed by atoms with Crippen molar-refractivity contribution < 1.29 is 23.9 Å². The number of ether oxygens (including phenoxy) is 2. The lowest BCUT2D eigenvalue weighted by Crippen LogP contribution is -2.41. The molecule has 0 aliphatic carbocycles. The van der Waals surface area contributed by atoms with Crippen molar-refractivity contribution >= 4 is 46.6 Å². The minimum atomic E-state index is -0.664. The highest BCUT2D eigenvalue weighted by Gasteiger charge is 2.30. The van der Waals surface area contributed by atoms with Gasteiger partial charge in [-0.1, -0.05) is 11.8 Å². The molecule has 1 heterocycles. The Bertz CT molecular complexity index is 1040. The summed E-state index contributed by atoms with van der Waals surface area (Å²) < 4.78 is 10.0.